The van der Waals surface area contributed by atoms with Crippen molar-refractivity contribution >= 4 is 19.4 Å². The lowest BCUT2D eigenvalue weighted by Gasteiger charge is -2.29. The summed E-state index contributed by atoms with van der Waals surface area (Å²) in [6.07, 6.45) is 1.99. The number of aromatic nitrogens is 2. The molecule has 0 saturated carbocycles. The Hall–Kier alpha value is -1.66. The molecule has 0 unspecified atom stereocenters. The summed E-state index contributed by atoms with van der Waals surface area (Å²) in [7, 11) is -4.64. The number of nitrogen functional groups attached to an aromatic ring is 1. The maximum Gasteiger partial charge on any atom is 0.466 e. The lowest BCUT2D eigenvalue weighted by molar-refractivity contribution is -0.162. The molecule has 1 aliphatic rings. The molecule has 0 amide bonds. The van der Waals surface area contributed by atoms with Crippen LogP contribution < -0.4 is 11.4 Å². The van der Waals surface area contributed by atoms with Crippen LogP contribution in [0, 0.1) is 0 Å². The van der Waals surface area contributed by atoms with Crippen molar-refractivity contribution in [2.24, 2.45) is 0 Å². The standard InChI is InChI=1S/C15H23N3O5.H3O4P/c1-2-3-4-5-12(21)15(8-10(20)11(9-19)23-15)18-7-6-13(16)17-14(18)22;1-5(2,3)4/h6-7,10-11,19-20H,2-5,8-9H2,1H3,(H2,16,17,22);(H3,1,2,3,4)/t10-,11+,15-;/m0./s1. The molecule has 2 rings (SSSR count). The molecule has 1 aliphatic heterocycles. The van der Waals surface area contributed by atoms with Gasteiger partial charge in [0, 0.05) is 19.0 Å². The molecular formula is C15H26N3O9P. The Morgan fingerprint density at radius 1 is 1.43 bits per heavy atom. The van der Waals surface area contributed by atoms with Crippen LogP contribution in [-0.4, -0.2) is 59.0 Å². The van der Waals surface area contributed by atoms with Gasteiger partial charge in [-0.2, -0.15) is 4.98 Å². The maximum absolute atomic E-state index is 12.8. The number of carbonyl (C=O) groups is 1. The maximum atomic E-state index is 12.8. The van der Waals surface area contributed by atoms with Crippen LogP contribution in [-0.2, 0) is 19.8 Å². The molecule has 0 bridgehead atoms. The Morgan fingerprint density at radius 3 is 2.50 bits per heavy atom. The highest BCUT2D eigenvalue weighted by molar-refractivity contribution is 7.45. The van der Waals surface area contributed by atoms with Gasteiger partial charge in [-0.05, 0) is 12.5 Å². The van der Waals surface area contributed by atoms with Gasteiger partial charge in [-0.15, -0.1) is 0 Å². The number of Topliss-reactive ketones (excluding diaryl/α,β-unsaturated/α-hetero) is 1. The minimum Gasteiger partial charge on any atom is -0.394 e. The van der Waals surface area contributed by atoms with Crippen LogP contribution in [0.2, 0.25) is 0 Å². The average Bonchev–Trinajstić information content (AvgIpc) is 2.91. The van der Waals surface area contributed by atoms with E-state index >= 15 is 0 Å². The minimum absolute atomic E-state index is 0.0390. The highest BCUT2D eigenvalue weighted by Gasteiger charge is 2.52. The molecule has 13 heteroatoms. The minimum atomic E-state index is -4.64. The van der Waals surface area contributed by atoms with Crippen LogP contribution >= 0.6 is 7.82 Å². The van der Waals surface area contributed by atoms with Crippen LogP contribution in [0.1, 0.15) is 39.0 Å². The first-order chi connectivity index (χ1) is 12.9. The van der Waals surface area contributed by atoms with Gasteiger partial charge >= 0.3 is 13.5 Å². The summed E-state index contributed by atoms with van der Waals surface area (Å²) in [5, 5.41) is 19.4. The summed E-state index contributed by atoms with van der Waals surface area (Å²) in [5.41, 5.74) is 3.12. The molecule has 160 valence electrons. The van der Waals surface area contributed by atoms with Crippen molar-refractivity contribution in [1.29, 1.82) is 0 Å². The average molecular weight is 423 g/mol. The number of rotatable bonds is 7. The van der Waals surface area contributed by atoms with Gasteiger partial charge in [-0.25, -0.2) is 9.36 Å². The van der Waals surface area contributed by atoms with E-state index in [1.807, 2.05) is 6.92 Å². The van der Waals surface area contributed by atoms with Crippen LogP contribution in [0.4, 0.5) is 5.82 Å². The quantitative estimate of drug-likeness (QED) is 0.228. The fourth-order valence-electron chi connectivity index (χ4n) is 2.84. The topological polar surface area (TPSA) is 205 Å². The SMILES string of the molecule is CCCCCC(=O)[C@]1(n2ccc(N)nc2=O)C[C@H](O)[C@@H](CO)O1.O=P(O)(O)O. The number of hydrogen-bond donors (Lipinski definition) is 6. The summed E-state index contributed by atoms with van der Waals surface area (Å²) in [4.78, 5) is 50.1. The molecule has 0 spiro atoms. The third-order valence-corrected chi connectivity index (χ3v) is 4.10. The molecule has 2 heterocycles. The highest BCUT2D eigenvalue weighted by Crippen LogP contribution is 2.36. The van der Waals surface area contributed by atoms with Crippen molar-refractivity contribution in [3.05, 3.63) is 22.7 Å². The third-order valence-electron chi connectivity index (χ3n) is 4.10. The zero-order valence-electron chi connectivity index (χ0n) is 15.3. The summed E-state index contributed by atoms with van der Waals surface area (Å²) in [6.45, 7) is 1.58. The Labute approximate surface area is 160 Å². The number of aliphatic hydroxyl groups is 2. The predicted molar refractivity (Wildman–Crippen MR) is 96.9 cm³/mol. The van der Waals surface area contributed by atoms with Crippen molar-refractivity contribution in [2.75, 3.05) is 12.3 Å². The number of nitrogens with two attached hydrogens (primary N) is 1. The van der Waals surface area contributed by atoms with Gasteiger partial charge in [0.15, 0.2) is 5.78 Å². The lowest BCUT2D eigenvalue weighted by Crippen LogP contribution is -2.48. The summed E-state index contributed by atoms with van der Waals surface area (Å²) in [6, 6.07) is 1.39. The number of ketones is 1. The van der Waals surface area contributed by atoms with E-state index in [4.69, 9.17) is 29.7 Å². The van der Waals surface area contributed by atoms with Gasteiger partial charge < -0.3 is 35.4 Å². The van der Waals surface area contributed by atoms with E-state index < -0.39 is 38.1 Å². The van der Waals surface area contributed by atoms with Gasteiger partial charge in [0.2, 0.25) is 5.72 Å². The van der Waals surface area contributed by atoms with E-state index in [1.165, 1.54) is 12.3 Å². The van der Waals surface area contributed by atoms with Crippen molar-refractivity contribution in [3.63, 3.8) is 0 Å². The van der Waals surface area contributed by atoms with Crippen LogP contribution in [0.15, 0.2) is 17.1 Å². The second-order valence-electron chi connectivity index (χ2n) is 6.29. The van der Waals surface area contributed by atoms with Crippen molar-refractivity contribution in [2.45, 2.75) is 57.0 Å². The summed E-state index contributed by atoms with van der Waals surface area (Å²) >= 11 is 0. The number of nitrogens with zero attached hydrogens (tertiary/aromatic N) is 2. The zero-order valence-corrected chi connectivity index (χ0v) is 16.2. The monoisotopic (exact) mass is 423 g/mol. The molecule has 7 N–H and O–H groups in total. The Balaban J connectivity index is 0.000000696. The molecule has 1 saturated heterocycles. The van der Waals surface area contributed by atoms with E-state index in [1.54, 1.807) is 0 Å². The largest absolute Gasteiger partial charge is 0.466 e. The second-order valence-corrected chi connectivity index (χ2v) is 7.32. The molecule has 28 heavy (non-hydrogen) atoms. The second kappa shape index (κ2) is 10.2. The smallest absolute Gasteiger partial charge is 0.394 e. The number of hydrogen-bond acceptors (Lipinski definition) is 8. The lowest BCUT2D eigenvalue weighted by atomic mass is 9.97. The molecular weight excluding hydrogens is 397 g/mol. The van der Waals surface area contributed by atoms with E-state index in [0.29, 0.717) is 6.42 Å². The van der Waals surface area contributed by atoms with E-state index in [9.17, 15) is 19.8 Å². The number of ether oxygens (including phenoxy) is 1. The van der Waals surface area contributed by atoms with E-state index in [2.05, 4.69) is 4.98 Å². The normalized spacial score (nSPS) is 24.5. The fourth-order valence-corrected chi connectivity index (χ4v) is 2.84. The van der Waals surface area contributed by atoms with Gasteiger partial charge in [0.25, 0.3) is 0 Å². The predicted octanol–water partition coefficient (Wildman–Crippen LogP) is -1.16. The van der Waals surface area contributed by atoms with Crippen molar-refractivity contribution in [3.8, 4) is 0 Å². The molecule has 3 atom stereocenters. The van der Waals surface area contributed by atoms with Gasteiger partial charge in [0.05, 0.1) is 12.7 Å². The molecule has 12 nitrogen and oxygen atoms in total. The van der Waals surface area contributed by atoms with E-state index in [-0.39, 0.29) is 24.4 Å². The van der Waals surface area contributed by atoms with Crippen LogP contribution in [0.25, 0.3) is 0 Å². The number of phosphoric acid groups is 1. The Morgan fingerprint density at radius 2 is 2.04 bits per heavy atom. The Kier molecular flexibility index (Phi) is 8.89. The number of aliphatic hydroxyl groups excluding tert-OH is 2. The summed E-state index contributed by atoms with van der Waals surface area (Å²) < 4.78 is 15.6. The molecule has 1 fully saturated rings. The fraction of sp³-hybridized carbons (Fsp3) is 0.667. The molecule has 1 aromatic rings. The third kappa shape index (κ3) is 6.74. The van der Waals surface area contributed by atoms with Crippen LogP contribution in [0.3, 0.4) is 0 Å². The van der Waals surface area contributed by atoms with Crippen molar-refractivity contribution < 1.29 is 39.0 Å². The molecule has 0 radical (unpaired) electrons. The van der Waals surface area contributed by atoms with Crippen LogP contribution in [0.5, 0.6) is 0 Å². The van der Waals surface area contributed by atoms with E-state index in [0.717, 1.165) is 17.4 Å². The first-order valence-corrected chi connectivity index (χ1v) is 10.1. The molecule has 0 aromatic carbocycles. The molecule has 1 aromatic heterocycles. The number of anilines is 1. The number of carbonyl (C=O) groups excluding carboxylic acids is 1. The summed E-state index contributed by atoms with van der Waals surface area (Å²) in [5.74, 6) is -0.272. The Bertz CT molecular complexity index is 757. The number of unbranched alkanes of at least 4 members (excludes halogenated alkanes) is 2. The van der Waals surface area contributed by atoms with Gasteiger partial charge in [-0.3, -0.25) is 9.36 Å². The van der Waals surface area contributed by atoms with Gasteiger partial charge in [-0.1, -0.05) is 19.8 Å². The molecule has 0 aliphatic carbocycles. The first-order valence-electron chi connectivity index (χ1n) is 8.58. The first kappa shape index (κ1) is 24.4. The highest BCUT2D eigenvalue weighted by atomic mass is 31.2. The van der Waals surface area contributed by atoms with Crippen molar-refractivity contribution in [1.82, 2.24) is 9.55 Å². The zero-order chi connectivity index (χ0) is 21.5. The van der Waals surface area contributed by atoms with Gasteiger partial charge in [0.1, 0.15) is 11.9 Å².